The number of carbonyl (C=O) groups excluding carboxylic acids is 1. The highest BCUT2D eigenvalue weighted by Crippen LogP contribution is 2.30. The molecule has 1 aliphatic heterocycles. The van der Waals surface area contributed by atoms with Gasteiger partial charge in [-0.05, 0) is 48.6 Å². The van der Waals surface area contributed by atoms with E-state index in [9.17, 15) is 13.6 Å². The summed E-state index contributed by atoms with van der Waals surface area (Å²) < 4.78 is 29.3. The standard InChI is InChI=1S/C22H23F2N5O/c23-17-6-7-28(13-17)22(30)26-18-4-5-19(24)20(10-18)29-12-16-9-15(8-14-2-1-3-14)11-25-21(16)27-29/h4-5,9-12,14,17H,1-3,6-8,13H2,(H,26,30)/t17-/m1/s1. The number of benzene rings is 1. The number of urea groups is 1. The molecule has 2 aliphatic rings. The van der Waals surface area contributed by atoms with Gasteiger partial charge in [0.15, 0.2) is 5.65 Å². The molecule has 2 amide bonds. The number of likely N-dealkylation sites (tertiary alicyclic amines) is 1. The Morgan fingerprint density at radius 3 is 2.83 bits per heavy atom. The first kappa shape index (κ1) is 19.0. The van der Waals surface area contributed by atoms with Crippen LogP contribution in [-0.4, -0.2) is 45.0 Å². The van der Waals surface area contributed by atoms with Crippen molar-refractivity contribution in [3.05, 3.63) is 48.0 Å². The van der Waals surface area contributed by atoms with E-state index in [-0.39, 0.29) is 18.3 Å². The van der Waals surface area contributed by atoms with Gasteiger partial charge in [-0.2, -0.15) is 0 Å². The SMILES string of the molecule is O=C(Nc1ccc(F)c(-n2cc3cc(CC4CCC4)cnc3n2)c1)N1CC[C@@H](F)C1. The number of anilines is 1. The van der Waals surface area contributed by atoms with Crippen LogP contribution in [0.25, 0.3) is 16.7 Å². The Morgan fingerprint density at radius 1 is 1.23 bits per heavy atom. The van der Waals surface area contributed by atoms with Crippen molar-refractivity contribution in [2.45, 2.75) is 38.3 Å². The normalized spacial score (nSPS) is 19.3. The zero-order valence-electron chi connectivity index (χ0n) is 16.5. The summed E-state index contributed by atoms with van der Waals surface area (Å²) in [5, 5.41) is 7.97. The minimum Gasteiger partial charge on any atom is -0.322 e. The molecule has 1 aliphatic carbocycles. The number of pyridine rings is 1. The van der Waals surface area contributed by atoms with Gasteiger partial charge in [-0.3, -0.25) is 0 Å². The first-order valence-corrected chi connectivity index (χ1v) is 10.4. The van der Waals surface area contributed by atoms with Crippen LogP contribution in [-0.2, 0) is 6.42 Å². The van der Waals surface area contributed by atoms with Gasteiger partial charge in [0.05, 0.1) is 6.54 Å². The predicted molar refractivity (Wildman–Crippen MR) is 110 cm³/mol. The van der Waals surface area contributed by atoms with Crippen LogP contribution in [0.15, 0.2) is 36.7 Å². The maximum atomic E-state index is 14.5. The van der Waals surface area contributed by atoms with Gasteiger partial charge in [0.2, 0.25) is 0 Å². The number of rotatable bonds is 4. The summed E-state index contributed by atoms with van der Waals surface area (Å²) in [6.07, 6.45) is 7.81. The smallest absolute Gasteiger partial charge is 0.321 e. The van der Waals surface area contributed by atoms with E-state index in [2.05, 4.69) is 21.5 Å². The van der Waals surface area contributed by atoms with Crippen LogP contribution in [0.4, 0.5) is 19.3 Å². The molecule has 0 spiro atoms. The second-order valence-electron chi connectivity index (χ2n) is 8.26. The number of fused-ring (bicyclic) bond motifs is 1. The summed E-state index contributed by atoms with van der Waals surface area (Å²) in [5.41, 5.74) is 2.37. The predicted octanol–water partition coefficient (Wildman–Crippen LogP) is 4.48. The number of halogens is 2. The number of nitrogens with zero attached hydrogens (tertiary/aromatic N) is 4. The molecule has 1 atom stereocenters. The molecule has 5 rings (SSSR count). The monoisotopic (exact) mass is 411 g/mol. The van der Waals surface area contributed by atoms with Crippen molar-refractivity contribution in [1.29, 1.82) is 0 Å². The molecule has 3 aromatic rings. The Labute approximate surface area is 172 Å². The third kappa shape index (κ3) is 3.74. The lowest BCUT2D eigenvalue weighted by Crippen LogP contribution is -2.33. The lowest BCUT2D eigenvalue weighted by molar-refractivity contribution is 0.218. The maximum Gasteiger partial charge on any atom is 0.321 e. The highest BCUT2D eigenvalue weighted by Gasteiger charge is 2.26. The molecule has 0 bridgehead atoms. The third-order valence-corrected chi connectivity index (χ3v) is 6.03. The topological polar surface area (TPSA) is 63.1 Å². The largest absolute Gasteiger partial charge is 0.322 e. The van der Waals surface area contributed by atoms with E-state index < -0.39 is 12.0 Å². The van der Waals surface area contributed by atoms with Crippen LogP contribution in [0.3, 0.4) is 0 Å². The molecule has 8 heteroatoms. The Hall–Kier alpha value is -3.03. The van der Waals surface area contributed by atoms with Gasteiger partial charge in [-0.25, -0.2) is 23.2 Å². The minimum atomic E-state index is -0.988. The molecule has 1 N–H and O–H groups in total. The van der Waals surface area contributed by atoms with Crippen molar-refractivity contribution in [2.75, 3.05) is 18.4 Å². The zero-order chi connectivity index (χ0) is 20.7. The lowest BCUT2D eigenvalue weighted by atomic mass is 9.81. The summed E-state index contributed by atoms with van der Waals surface area (Å²) in [5.74, 6) is 0.279. The van der Waals surface area contributed by atoms with Crippen molar-refractivity contribution in [1.82, 2.24) is 19.7 Å². The van der Waals surface area contributed by atoms with Crippen LogP contribution in [0.1, 0.15) is 31.2 Å². The number of aromatic nitrogens is 3. The van der Waals surface area contributed by atoms with Gasteiger partial charge < -0.3 is 10.2 Å². The van der Waals surface area contributed by atoms with Crippen molar-refractivity contribution in [3.8, 4) is 5.69 Å². The summed E-state index contributed by atoms with van der Waals surface area (Å²) in [4.78, 5) is 18.2. The molecule has 30 heavy (non-hydrogen) atoms. The van der Waals surface area contributed by atoms with Crippen molar-refractivity contribution in [2.24, 2.45) is 5.92 Å². The van der Waals surface area contributed by atoms with Crippen molar-refractivity contribution in [3.63, 3.8) is 0 Å². The quantitative estimate of drug-likeness (QED) is 0.689. The number of amides is 2. The number of carbonyl (C=O) groups is 1. The first-order chi connectivity index (χ1) is 14.5. The van der Waals surface area contributed by atoms with Crippen LogP contribution >= 0.6 is 0 Å². The summed E-state index contributed by atoms with van der Waals surface area (Å²) in [7, 11) is 0. The van der Waals surface area contributed by atoms with Crippen LogP contribution in [0.2, 0.25) is 0 Å². The fourth-order valence-corrected chi connectivity index (χ4v) is 4.10. The van der Waals surface area contributed by atoms with Crippen molar-refractivity contribution >= 4 is 22.8 Å². The van der Waals surface area contributed by atoms with Crippen molar-refractivity contribution < 1.29 is 13.6 Å². The van der Waals surface area contributed by atoms with E-state index in [1.165, 1.54) is 52.6 Å². The molecule has 2 fully saturated rings. The second kappa shape index (κ2) is 7.66. The Morgan fingerprint density at radius 2 is 2.10 bits per heavy atom. The maximum absolute atomic E-state index is 14.5. The van der Waals surface area contributed by atoms with E-state index >= 15 is 0 Å². The van der Waals surface area contributed by atoms with E-state index in [4.69, 9.17) is 0 Å². The van der Waals surface area contributed by atoms with Gasteiger partial charge >= 0.3 is 6.03 Å². The molecule has 156 valence electrons. The van der Waals surface area contributed by atoms with Gasteiger partial charge in [0.1, 0.15) is 17.7 Å². The summed E-state index contributed by atoms with van der Waals surface area (Å²) >= 11 is 0. The van der Waals surface area contributed by atoms with Gasteiger partial charge in [-0.1, -0.05) is 19.3 Å². The van der Waals surface area contributed by atoms with E-state index in [0.717, 1.165) is 17.7 Å². The number of hydrogen-bond donors (Lipinski definition) is 1. The van der Waals surface area contributed by atoms with Gasteiger partial charge in [-0.15, -0.1) is 5.10 Å². The molecule has 1 saturated carbocycles. The highest BCUT2D eigenvalue weighted by atomic mass is 19.1. The Bertz CT molecular complexity index is 1090. The molecule has 2 aromatic heterocycles. The lowest BCUT2D eigenvalue weighted by Gasteiger charge is -2.24. The molecule has 1 aromatic carbocycles. The zero-order valence-corrected chi connectivity index (χ0v) is 16.5. The molecular weight excluding hydrogens is 388 g/mol. The van der Waals surface area contributed by atoms with Crippen LogP contribution in [0, 0.1) is 11.7 Å². The van der Waals surface area contributed by atoms with Crippen LogP contribution < -0.4 is 5.32 Å². The molecule has 0 unspecified atom stereocenters. The highest BCUT2D eigenvalue weighted by molar-refractivity contribution is 5.90. The van der Waals surface area contributed by atoms with E-state index in [1.54, 1.807) is 6.20 Å². The van der Waals surface area contributed by atoms with E-state index in [0.29, 0.717) is 24.3 Å². The first-order valence-electron chi connectivity index (χ1n) is 10.4. The number of alkyl halides is 1. The number of nitrogens with one attached hydrogen (secondary N) is 1. The average Bonchev–Trinajstić information content (AvgIpc) is 3.32. The average molecular weight is 411 g/mol. The Kier molecular flexibility index (Phi) is 4.84. The Balaban J connectivity index is 1.38. The molecule has 1 saturated heterocycles. The fourth-order valence-electron chi connectivity index (χ4n) is 4.10. The summed E-state index contributed by atoms with van der Waals surface area (Å²) in [6, 6.07) is 5.97. The van der Waals surface area contributed by atoms with Gasteiger partial charge in [0.25, 0.3) is 0 Å². The summed E-state index contributed by atoms with van der Waals surface area (Å²) in [6.45, 7) is 0.458. The molecule has 6 nitrogen and oxygen atoms in total. The second-order valence-corrected chi connectivity index (χ2v) is 8.26. The van der Waals surface area contributed by atoms with Crippen LogP contribution in [0.5, 0.6) is 0 Å². The van der Waals surface area contributed by atoms with E-state index in [1.807, 2.05) is 6.20 Å². The van der Waals surface area contributed by atoms with Gasteiger partial charge in [0, 0.05) is 30.0 Å². The molecular formula is C22H23F2N5O. The molecule has 3 heterocycles. The number of hydrogen-bond acceptors (Lipinski definition) is 3. The minimum absolute atomic E-state index is 0.0826. The molecule has 0 radical (unpaired) electrons. The third-order valence-electron chi connectivity index (χ3n) is 6.03. The fraction of sp³-hybridized carbons (Fsp3) is 0.409.